The number of likely N-dealkylation sites (N-methyl/N-ethyl adjacent to an activating group) is 1. The second-order valence-corrected chi connectivity index (χ2v) is 4.06. The van der Waals surface area contributed by atoms with E-state index in [4.69, 9.17) is 5.73 Å². The molecule has 0 saturated carbocycles. The highest BCUT2D eigenvalue weighted by Gasteiger charge is 2.23. The molecule has 0 aliphatic heterocycles. The molecular formula is C13H20N2O2. The minimum absolute atomic E-state index is 0.374. The van der Waals surface area contributed by atoms with Crippen LogP contribution in [0.3, 0.4) is 0 Å². The number of aryl methyl sites for hydroxylation is 1. The molecule has 0 heterocycles. The third-order valence-electron chi connectivity index (χ3n) is 2.78. The van der Waals surface area contributed by atoms with Gasteiger partial charge in [-0.15, -0.1) is 0 Å². The number of benzene rings is 1. The van der Waals surface area contributed by atoms with E-state index >= 15 is 0 Å². The first-order valence-electron chi connectivity index (χ1n) is 5.86. The van der Waals surface area contributed by atoms with Gasteiger partial charge in [-0.2, -0.15) is 0 Å². The van der Waals surface area contributed by atoms with Crippen LogP contribution in [0.5, 0.6) is 0 Å². The summed E-state index contributed by atoms with van der Waals surface area (Å²) >= 11 is 0. The number of aliphatic carboxylic acids is 1. The second-order valence-electron chi connectivity index (χ2n) is 4.06. The maximum Gasteiger partial charge on any atom is 0.326 e. The van der Waals surface area contributed by atoms with Gasteiger partial charge in [0.2, 0.25) is 0 Å². The van der Waals surface area contributed by atoms with Gasteiger partial charge in [-0.25, -0.2) is 4.79 Å². The highest BCUT2D eigenvalue weighted by atomic mass is 16.4. The minimum Gasteiger partial charge on any atom is -0.480 e. The molecule has 0 spiro atoms. The summed E-state index contributed by atoms with van der Waals surface area (Å²) in [7, 11) is 0. The van der Waals surface area contributed by atoms with Crippen molar-refractivity contribution in [1.82, 2.24) is 0 Å². The Balaban J connectivity index is 2.99. The Bertz CT molecular complexity index is 379. The molecule has 0 aliphatic rings. The number of nitrogens with zero attached hydrogens (tertiary/aromatic N) is 1. The Morgan fingerprint density at radius 3 is 2.71 bits per heavy atom. The Morgan fingerprint density at radius 2 is 2.24 bits per heavy atom. The van der Waals surface area contributed by atoms with Gasteiger partial charge in [-0.1, -0.05) is 12.1 Å². The van der Waals surface area contributed by atoms with Crippen LogP contribution in [-0.4, -0.2) is 30.2 Å². The molecule has 0 aromatic heterocycles. The van der Waals surface area contributed by atoms with E-state index in [1.54, 1.807) is 0 Å². The summed E-state index contributed by atoms with van der Waals surface area (Å²) in [4.78, 5) is 13.1. The van der Waals surface area contributed by atoms with Gasteiger partial charge in [0.15, 0.2) is 0 Å². The van der Waals surface area contributed by atoms with Gasteiger partial charge in [0.25, 0.3) is 0 Å². The monoisotopic (exact) mass is 236 g/mol. The highest BCUT2D eigenvalue weighted by molar-refractivity contribution is 5.78. The van der Waals surface area contributed by atoms with Gasteiger partial charge in [-0.3, -0.25) is 0 Å². The van der Waals surface area contributed by atoms with E-state index in [1.807, 2.05) is 43.0 Å². The number of rotatable bonds is 6. The number of carboxylic acid groups (broad SMARTS) is 1. The molecule has 4 nitrogen and oxygen atoms in total. The van der Waals surface area contributed by atoms with Gasteiger partial charge in [-0.05, 0) is 44.5 Å². The van der Waals surface area contributed by atoms with Crippen LogP contribution in [0.2, 0.25) is 0 Å². The molecule has 1 rings (SSSR count). The van der Waals surface area contributed by atoms with E-state index < -0.39 is 12.0 Å². The van der Waals surface area contributed by atoms with Crippen molar-refractivity contribution < 1.29 is 9.90 Å². The van der Waals surface area contributed by atoms with Crippen LogP contribution in [0, 0.1) is 6.92 Å². The average molecular weight is 236 g/mol. The van der Waals surface area contributed by atoms with E-state index in [2.05, 4.69) is 0 Å². The summed E-state index contributed by atoms with van der Waals surface area (Å²) in [5.74, 6) is -0.821. The summed E-state index contributed by atoms with van der Waals surface area (Å²) in [6.07, 6.45) is 0.455. The molecule has 17 heavy (non-hydrogen) atoms. The quantitative estimate of drug-likeness (QED) is 0.787. The van der Waals surface area contributed by atoms with Crippen molar-refractivity contribution in [3.63, 3.8) is 0 Å². The molecule has 0 bridgehead atoms. The number of nitrogens with two attached hydrogens (primary N) is 1. The lowest BCUT2D eigenvalue weighted by molar-refractivity contribution is -0.138. The summed E-state index contributed by atoms with van der Waals surface area (Å²) in [5.41, 5.74) is 7.54. The first kappa shape index (κ1) is 13.5. The van der Waals surface area contributed by atoms with Crippen LogP contribution in [0.15, 0.2) is 24.3 Å². The molecular weight excluding hydrogens is 216 g/mol. The van der Waals surface area contributed by atoms with Crippen molar-refractivity contribution >= 4 is 11.7 Å². The van der Waals surface area contributed by atoms with E-state index in [0.717, 1.165) is 11.3 Å². The molecule has 3 N–H and O–H groups in total. The average Bonchev–Trinajstić information content (AvgIpc) is 2.29. The van der Waals surface area contributed by atoms with E-state index in [1.165, 1.54) is 0 Å². The fraction of sp³-hybridized carbons (Fsp3) is 0.462. The van der Waals surface area contributed by atoms with Gasteiger partial charge in [0.1, 0.15) is 6.04 Å². The van der Waals surface area contributed by atoms with Crippen LogP contribution in [0.25, 0.3) is 0 Å². The van der Waals surface area contributed by atoms with Crippen LogP contribution in [-0.2, 0) is 4.79 Å². The van der Waals surface area contributed by atoms with Gasteiger partial charge in [0, 0.05) is 12.2 Å². The number of carbonyl (C=O) groups is 1. The number of hydrogen-bond acceptors (Lipinski definition) is 3. The maximum atomic E-state index is 11.3. The molecule has 0 aliphatic carbocycles. The normalized spacial score (nSPS) is 12.2. The van der Waals surface area contributed by atoms with E-state index in [9.17, 15) is 9.90 Å². The van der Waals surface area contributed by atoms with Gasteiger partial charge in [0.05, 0.1) is 0 Å². The smallest absolute Gasteiger partial charge is 0.326 e. The summed E-state index contributed by atoms with van der Waals surface area (Å²) in [6, 6.07) is 7.32. The number of anilines is 1. The van der Waals surface area contributed by atoms with E-state index in [-0.39, 0.29) is 0 Å². The lowest BCUT2D eigenvalue weighted by Crippen LogP contribution is -2.42. The predicted molar refractivity (Wildman–Crippen MR) is 69.3 cm³/mol. The Hall–Kier alpha value is -1.55. The van der Waals surface area contributed by atoms with E-state index in [0.29, 0.717) is 19.5 Å². The van der Waals surface area contributed by atoms with Crippen molar-refractivity contribution in [2.75, 3.05) is 18.0 Å². The SMILES string of the molecule is CCN(c1cccc(C)c1)C(CCN)C(=O)O. The second kappa shape index (κ2) is 6.25. The zero-order valence-corrected chi connectivity index (χ0v) is 10.4. The topological polar surface area (TPSA) is 66.6 Å². The molecule has 1 aromatic rings. The first-order chi connectivity index (χ1) is 8.10. The van der Waals surface area contributed by atoms with Crippen LogP contribution in [0.4, 0.5) is 5.69 Å². The van der Waals surface area contributed by atoms with Crippen molar-refractivity contribution in [3.05, 3.63) is 29.8 Å². The molecule has 0 amide bonds. The molecule has 0 radical (unpaired) electrons. The number of carboxylic acids is 1. The maximum absolute atomic E-state index is 11.3. The molecule has 94 valence electrons. The minimum atomic E-state index is -0.821. The van der Waals surface area contributed by atoms with Crippen molar-refractivity contribution in [2.45, 2.75) is 26.3 Å². The van der Waals surface area contributed by atoms with Gasteiger partial charge >= 0.3 is 5.97 Å². The zero-order chi connectivity index (χ0) is 12.8. The lowest BCUT2D eigenvalue weighted by atomic mass is 10.1. The standard InChI is InChI=1S/C13H20N2O2/c1-3-15(12(7-8-14)13(16)17)11-6-4-5-10(2)9-11/h4-6,9,12H,3,7-8,14H2,1-2H3,(H,16,17). The van der Waals surface area contributed by atoms with Crippen LogP contribution < -0.4 is 10.6 Å². The molecule has 1 atom stereocenters. The number of hydrogen-bond donors (Lipinski definition) is 2. The predicted octanol–water partition coefficient (Wildman–Crippen LogP) is 1.62. The third-order valence-corrected chi connectivity index (χ3v) is 2.78. The molecule has 0 fully saturated rings. The zero-order valence-electron chi connectivity index (χ0n) is 10.4. The molecule has 4 heteroatoms. The Labute approximate surface area is 102 Å². The largest absolute Gasteiger partial charge is 0.480 e. The summed E-state index contributed by atoms with van der Waals surface area (Å²) in [5, 5.41) is 9.24. The fourth-order valence-electron chi connectivity index (χ4n) is 1.96. The van der Waals surface area contributed by atoms with Gasteiger partial charge < -0.3 is 15.7 Å². The summed E-state index contributed by atoms with van der Waals surface area (Å²) < 4.78 is 0. The molecule has 0 saturated heterocycles. The van der Waals surface area contributed by atoms with Crippen molar-refractivity contribution in [3.8, 4) is 0 Å². The fourth-order valence-corrected chi connectivity index (χ4v) is 1.96. The van der Waals surface area contributed by atoms with Crippen molar-refractivity contribution in [2.24, 2.45) is 5.73 Å². The Kier molecular flexibility index (Phi) is 4.97. The van der Waals surface area contributed by atoms with Crippen LogP contribution in [0.1, 0.15) is 18.9 Å². The lowest BCUT2D eigenvalue weighted by Gasteiger charge is -2.29. The third kappa shape index (κ3) is 3.46. The van der Waals surface area contributed by atoms with Crippen LogP contribution >= 0.6 is 0 Å². The summed E-state index contributed by atoms with van der Waals surface area (Å²) in [6.45, 7) is 4.98. The van der Waals surface area contributed by atoms with Crippen molar-refractivity contribution in [1.29, 1.82) is 0 Å². The highest BCUT2D eigenvalue weighted by Crippen LogP contribution is 2.19. The first-order valence-corrected chi connectivity index (χ1v) is 5.86. The molecule has 1 unspecified atom stereocenters. The molecule has 1 aromatic carbocycles. The Morgan fingerprint density at radius 1 is 1.53 bits per heavy atom.